The summed E-state index contributed by atoms with van der Waals surface area (Å²) >= 11 is 0. The molecule has 1 fully saturated rings. The van der Waals surface area contributed by atoms with Crippen LogP contribution in [0.4, 0.5) is 0 Å². The third kappa shape index (κ3) is 5.05. The van der Waals surface area contributed by atoms with Crippen LogP contribution in [0.2, 0.25) is 0 Å². The van der Waals surface area contributed by atoms with E-state index in [9.17, 15) is 4.79 Å². The number of likely N-dealkylation sites (tertiary alicyclic amines) is 1. The molecular weight excluding hydrogens is 394 g/mol. The van der Waals surface area contributed by atoms with Crippen LogP contribution in [0, 0.1) is 0 Å². The predicted octanol–water partition coefficient (Wildman–Crippen LogP) is 4.44. The third-order valence-electron chi connectivity index (χ3n) is 5.20. The summed E-state index contributed by atoms with van der Waals surface area (Å²) < 4.78 is 16.6. The lowest BCUT2D eigenvalue weighted by Crippen LogP contribution is -2.24. The number of carbonyl (C=O) groups excluding carboxylic acids is 1. The van der Waals surface area contributed by atoms with E-state index >= 15 is 0 Å². The lowest BCUT2D eigenvalue weighted by atomic mass is 10.1. The zero-order chi connectivity index (χ0) is 21.6. The minimum absolute atomic E-state index is 0.0939. The van der Waals surface area contributed by atoms with E-state index < -0.39 is 0 Å². The first-order chi connectivity index (χ1) is 15.2. The first kappa shape index (κ1) is 20.9. The van der Waals surface area contributed by atoms with Crippen molar-refractivity contribution in [3.8, 4) is 22.9 Å². The molecule has 1 amide bonds. The minimum atomic E-state index is -0.0939. The van der Waals surface area contributed by atoms with Crippen LogP contribution in [0.15, 0.2) is 53.1 Å². The van der Waals surface area contributed by atoms with Gasteiger partial charge in [0.1, 0.15) is 11.5 Å². The second-order valence-corrected chi connectivity index (χ2v) is 7.58. The monoisotopic (exact) mass is 421 g/mol. The zero-order valence-electron chi connectivity index (χ0n) is 17.9. The summed E-state index contributed by atoms with van der Waals surface area (Å²) in [6.45, 7) is 6.47. The van der Waals surface area contributed by atoms with Crippen LogP contribution in [0.3, 0.4) is 0 Å². The Morgan fingerprint density at radius 2 is 1.74 bits per heavy atom. The lowest BCUT2D eigenvalue weighted by Gasteiger charge is -2.16. The first-order valence-electron chi connectivity index (χ1n) is 10.7. The van der Waals surface area contributed by atoms with Gasteiger partial charge in [-0.15, -0.1) is 0 Å². The smallest absolute Gasteiger partial charge is 0.232 e. The molecule has 1 unspecified atom stereocenters. The number of carbonyl (C=O) groups is 1. The molecule has 0 radical (unpaired) electrons. The van der Waals surface area contributed by atoms with Gasteiger partial charge in [0.25, 0.3) is 0 Å². The summed E-state index contributed by atoms with van der Waals surface area (Å²) in [4.78, 5) is 18.9. The van der Waals surface area contributed by atoms with Gasteiger partial charge in [0.05, 0.1) is 19.1 Å². The molecule has 0 saturated carbocycles. The summed E-state index contributed by atoms with van der Waals surface area (Å²) in [5.41, 5.74) is 1.92. The number of aromatic nitrogens is 2. The maximum Gasteiger partial charge on any atom is 0.232 e. The second kappa shape index (κ2) is 9.64. The fourth-order valence-electron chi connectivity index (χ4n) is 3.61. The van der Waals surface area contributed by atoms with Crippen LogP contribution in [0.1, 0.15) is 44.1 Å². The molecule has 4 rings (SSSR count). The highest BCUT2D eigenvalue weighted by Gasteiger charge is 2.34. The number of hydrogen-bond donors (Lipinski definition) is 0. The molecule has 2 heterocycles. The van der Waals surface area contributed by atoms with Crippen molar-refractivity contribution in [2.24, 2.45) is 0 Å². The van der Waals surface area contributed by atoms with Gasteiger partial charge in [0.15, 0.2) is 0 Å². The Morgan fingerprint density at radius 3 is 2.45 bits per heavy atom. The molecule has 0 N–H and O–H groups in total. The Bertz CT molecular complexity index is 998. The Balaban J connectivity index is 1.38. The summed E-state index contributed by atoms with van der Waals surface area (Å²) in [5, 5.41) is 4.10. The van der Waals surface area contributed by atoms with Crippen LogP contribution < -0.4 is 9.47 Å². The molecular formula is C24H27N3O4. The van der Waals surface area contributed by atoms with E-state index in [2.05, 4.69) is 17.1 Å². The number of nitrogens with zero attached hydrogens (tertiary/aromatic N) is 3. The normalized spacial score (nSPS) is 16.0. The summed E-state index contributed by atoms with van der Waals surface area (Å²) in [7, 11) is 0. The molecule has 1 aliphatic heterocycles. The van der Waals surface area contributed by atoms with E-state index in [0.717, 1.165) is 29.0 Å². The van der Waals surface area contributed by atoms with E-state index in [4.69, 9.17) is 14.0 Å². The molecule has 7 heteroatoms. The summed E-state index contributed by atoms with van der Waals surface area (Å²) in [6.07, 6.45) is 1.35. The number of hydrogen-bond acceptors (Lipinski definition) is 6. The molecule has 31 heavy (non-hydrogen) atoms. The van der Waals surface area contributed by atoms with E-state index in [1.807, 2.05) is 60.4 Å². The molecule has 1 saturated heterocycles. The standard InChI is InChI=1S/C24H27N3O4/c1-3-13-30-21-9-5-17(6-10-21)15-27-16-19(14-22(27)28)24-25-23(26-31-24)18-7-11-20(12-8-18)29-4-2/h5-12,19H,3-4,13-16H2,1-2H3. The molecule has 3 aromatic rings. The van der Waals surface area contributed by atoms with Crippen LogP contribution in [-0.2, 0) is 11.3 Å². The highest BCUT2D eigenvalue weighted by atomic mass is 16.5. The zero-order valence-corrected chi connectivity index (χ0v) is 17.9. The number of rotatable bonds is 9. The average Bonchev–Trinajstić information content (AvgIpc) is 3.41. The van der Waals surface area contributed by atoms with Gasteiger partial charge in [-0.3, -0.25) is 4.79 Å². The molecule has 0 aliphatic carbocycles. The second-order valence-electron chi connectivity index (χ2n) is 7.58. The van der Waals surface area contributed by atoms with Gasteiger partial charge in [-0.25, -0.2) is 0 Å². The quantitative estimate of drug-likeness (QED) is 0.508. The molecule has 1 atom stereocenters. The molecule has 7 nitrogen and oxygen atoms in total. The summed E-state index contributed by atoms with van der Waals surface area (Å²) in [6, 6.07) is 15.5. The maximum absolute atomic E-state index is 12.5. The van der Waals surface area contributed by atoms with Crippen molar-refractivity contribution >= 4 is 5.91 Å². The van der Waals surface area contributed by atoms with Gasteiger partial charge in [-0.2, -0.15) is 4.98 Å². The Hall–Kier alpha value is -3.35. The van der Waals surface area contributed by atoms with Crippen molar-refractivity contribution in [2.75, 3.05) is 19.8 Å². The van der Waals surface area contributed by atoms with Gasteiger partial charge in [-0.1, -0.05) is 24.2 Å². The minimum Gasteiger partial charge on any atom is -0.494 e. The van der Waals surface area contributed by atoms with Crippen LogP contribution in [0.25, 0.3) is 11.4 Å². The summed E-state index contributed by atoms with van der Waals surface area (Å²) in [5.74, 6) is 2.68. The van der Waals surface area contributed by atoms with Gasteiger partial charge < -0.3 is 18.9 Å². The Kier molecular flexibility index (Phi) is 6.50. The van der Waals surface area contributed by atoms with Crippen molar-refractivity contribution < 1.29 is 18.8 Å². The van der Waals surface area contributed by atoms with Crippen LogP contribution >= 0.6 is 0 Å². The van der Waals surface area contributed by atoms with Crippen molar-refractivity contribution in [1.82, 2.24) is 15.0 Å². The number of ether oxygens (including phenoxy) is 2. The van der Waals surface area contributed by atoms with E-state index in [-0.39, 0.29) is 11.8 Å². The van der Waals surface area contributed by atoms with Gasteiger partial charge >= 0.3 is 0 Å². The Morgan fingerprint density at radius 1 is 1.03 bits per heavy atom. The molecule has 2 aromatic carbocycles. The maximum atomic E-state index is 12.5. The third-order valence-corrected chi connectivity index (χ3v) is 5.20. The molecule has 1 aliphatic rings. The highest BCUT2D eigenvalue weighted by molar-refractivity contribution is 5.79. The average molecular weight is 421 g/mol. The predicted molar refractivity (Wildman–Crippen MR) is 116 cm³/mol. The first-order valence-corrected chi connectivity index (χ1v) is 10.7. The Labute approximate surface area is 182 Å². The number of amides is 1. The molecule has 0 spiro atoms. The van der Waals surface area contributed by atoms with E-state index in [1.165, 1.54) is 0 Å². The van der Waals surface area contributed by atoms with Crippen molar-refractivity contribution in [3.05, 3.63) is 60.0 Å². The van der Waals surface area contributed by atoms with Gasteiger partial charge in [0.2, 0.25) is 17.6 Å². The van der Waals surface area contributed by atoms with Crippen LogP contribution in [-0.4, -0.2) is 40.7 Å². The van der Waals surface area contributed by atoms with E-state index in [1.54, 1.807) is 0 Å². The fourth-order valence-corrected chi connectivity index (χ4v) is 3.61. The highest BCUT2D eigenvalue weighted by Crippen LogP contribution is 2.30. The van der Waals surface area contributed by atoms with E-state index in [0.29, 0.717) is 44.4 Å². The SMILES string of the molecule is CCCOc1ccc(CN2CC(c3nc(-c4ccc(OCC)cc4)no3)CC2=O)cc1. The van der Waals surface area contributed by atoms with Crippen LogP contribution in [0.5, 0.6) is 11.5 Å². The topological polar surface area (TPSA) is 77.7 Å². The molecule has 1 aromatic heterocycles. The van der Waals surface area contributed by atoms with Crippen molar-refractivity contribution in [3.63, 3.8) is 0 Å². The van der Waals surface area contributed by atoms with Crippen molar-refractivity contribution in [1.29, 1.82) is 0 Å². The van der Waals surface area contributed by atoms with Crippen molar-refractivity contribution in [2.45, 2.75) is 39.2 Å². The molecule has 0 bridgehead atoms. The van der Waals surface area contributed by atoms with Gasteiger partial charge in [-0.05, 0) is 55.3 Å². The lowest BCUT2D eigenvalue weighted by molar-refractivity contribution is -0.128. The van der Waals surface area contributed by atoms with Gasteiger partial charge in [0, 0.05) is 25.1 Å². The largest absolute Gasteiger partial charge is 0.494 e. The fraction of sp³-hybridized carbons (Fsp3) is 0.375. The number of benzene rings is 2. The molecule has 162 valence electrons.